The molecule has 0 aliphatic carbocycles. The largest absolute Gasteiger partial charge is 0.0654 e. The number of hydrogen-bond acceptors (Lipinski definition) is 0. The Balaban J connectivity index is 4.26. The summed E-state index contributed by atoms with van der Waals surface area (Å²) in [5, 5.41) is 0.736. The average Bonchev–Trinajstić information content (AvgIpc) is 2.67. The van der Waals surface area contributed by atoms with Gasteiger partial charge in [0.15, 0.2) is 0 Å². The lowest BCUT2D eigenvalue weighted by Crippen LogP contribution is -2.22. The summed E-state index contributed by atoms with van der Waals surface area (Å²) in [5.41, 5.74) is 0. The molecule has 0 aromatic carbocycles. The van der Waals surface area contributed by atoms with Crippen molar-refractivity contribution in [3.63, 3.8) is 0 Å². The fourth-order valence-corrected chi connectivity index (χ4v) is 5.63. The molecule has 0 bridgehead atoms. The van der Waals surface area contributed by atoms with Gasteiger partial charge in [0.1, 0.15) is 0 Å². The Kier molecular flexibility index (Phi) is 19.7. The van der Waals surface area contributed by atoms with Gasteiger partial charge in [-0.1, -0.05) is 156 Å². The molecule has 1 unspecified atom stereocenters. The topological polar surface area (TPSA) is 0 Å². The highest BCUT2D eigenvalue weighted by molar-refractivity contribution is 6.15. The second-order valence-corrected chi connectivity index (χ2v) is 11.8. The summed E-state index contributed by atoms with van der Waals surface area (Å²) in [6.45, 7) is 9.59. The fourth-order valence-electron chi connectivity index (χ4n) is 4.64. The van der Waals surface area contributed by atoms with Crippen molar-refractivity contribution in [2.75, 3.05) is 0 Å². The molecule has 27 heavy (non-hydrogen) atoms. The summed E-state index contributed by atoms with van der Waals surface area (Å²) in [6, 6.07) is 0. The molecule has 0 saturated carbocycles. The Bertz CT molecular complexity index is 270. The molecule has 0 radical (unpaired) electrons. The summed E-state index contributed by atoms with van der Waals surface area (Å²) in [6.07, 6.45) is 29.3. The predicted octanol–water partition coefficient (Wildman–Crippen LogP) is 9.01. The molecule has 0 nitrogen and oxygen atoms in total. The normalized spacial score (nSPS) is 13.3. The first-order chi connectivity index (χ1) is 13.1. The van der Waals surface area contributed by atoms with E-state index in [1.165, 1.54) is 139 Å². The van der Waals surface area contributed by atoms with Crippen LogP contribution in [0, 0.1) is 5.92 Å². The van der Waals surface area contributed by atoms with E-state index in [1.54, 1.807) is 0 Å². The van der Waals surface area contributed by atoms with Crippen LogP contribution < -0.4 is 0 Å². The monoisotopic (exact) mass is 396 g/mol. The van der Waals surface area contributed by atoms with Crippen molar-refractivity contribution in [2.45, 2.75) is 161 Å². The fraction of sp³-hybridized carbons (Fsp3) is 1.00. The van der Waals surface area contributed by atoms with Crippen LogP contribution in [0.3, 0.4) is 0 Å². The molecule has 0 aliphatic rings. The quantitative estimate of drug-likeness (QED) is 0.134. The van der Waals surface area contributed by atoms with Crippen LogP contribution in [0.15, 0.2) is 0 Å². The Labute approximate surface area is 177 Å². The van der Waals surface area contributed by atoms with E-state index in [-0.39, 0.29) is 0 Å². The summed E-state index contributed by atoms with van der Waals surface area (Å²) in [5.74, 6) is 0.970. The van der Waals surface area contributed by atoms with Crippen molar-refractivity contribution in [1.29, 1.82) is 0 Å². The first-order valence-electron chi connectivity index (χ1n) is 13.1. The molecule has 0 rings (SSSR count). The number of unbranched alkanes of at least 4 members (excludes halogenated alkanes) is 14. The summed E-state index contributed by atoms with van der Waals surface area (Å²) in [7, 11) is 1.41. The van der Waals surface area contributed by atoms with Crippen LogP contribution in [0.4, 0.5) is 0 Å². The maximum Gasteiger partial charge on any atom is 0.0110 e. The highest BCUT2D eigenvalue weighted by Gasteiger charge is 2.29. The second kappa shape index (κ2) is 19.5. The summed E-state index contributed by atoms with van der Waals surface area (Å²) < 4.78 is 0. The van der Waals surface area contributed by atoms with Crippen LogP contribution in [0.25, 0.3) is 0 Å². The Morgan fingerprint density at radius 2 is 0.852 bits per heavy atom. The van der Waals surface area contributed by atoms with Gasteiger partial charge in [-0.05, 0) is 11.0 Å². The number of rotatable bonds is 21. The van der Waals surface area contributed by atoms with Crippen LogP contribution in [-0.2, 0) is 0 Å². The minimum absolute atomic E-state index is 0.736. The van der Waals surface area contributed by atoms with Gasteiger partial charge in [0.05, 0.1) is 0 Å². The first kappa shape index (κ1) is 27.2. The lowest BCUT2D eigenvalue weighted by atomic mass is 9.80. The van der Waals surface area contributed by atoms with Crippen molar-refractivity contribution in [1.82, 2.24) is 0 Å². The van der Waals surface area contributed by atoms with Crippen LogP contribution in [0.1, 0.15) is 156 Å². The van der Waals surface area contributed by atoms with Crippen molar-refractivity contribution in [3.05, 3.63) is 0 Å². The minimum Gasteiger partial charge on any atom is -0.0654 e. The van der Waals surface area contributed by atoms with E-state index in [0.717, 1.165) is 11.0 Å². The average molecular weight is 397 g/mol. The van der Waals surface area contributed by atoms with Crippen molar-refractivity contribution in [2.24, 2.45) is 5.92 Å². The summed E-state index contributed by atoms with van der Waals surface area (Å²) in [4.78, 5) is 0. The molecule has 0 saturated heterocycles. The van der Waals surface area contributed by atoms with Gasteiger partial charge < -0.3 is 0 Å². The van der Waals surface area contributed by atoms with E-state index >= 15 is 0 Å². The molecule has 0 fully saturated rings. The van der Waals surface area contributed by atoms with E-state index in [2.05, 4.69) is 27.7 Å². The molecular formula is C26H56Si. The molecule has 1 atom stereocenters. The van der Waals surface area contributed by atoms with Gasteiger partial charge in [-0.3, -0.25) is 0 Å². The molecule has 0 amide bonds. The standard InChI is InChI=1S/C26H56Si/c1-5-8-11-14-17-20-23-26(27,24-21-18-15-12-9-6-2)25(4)22-19-16-13-10-7-3/h25H,5-24H2,1-4,27H3. The molecule has 0 N–H and O–H groups in total. The Morgan fingerprint density at radius 3 is 1.26 bits per heavy atom. The van der Waals surface area contributed by atoms with E-state index in [9.17, 15) is 0 Å². The maximum absolute atomic E-state index is 2.61. The van der Waals surface area contributed by atoms with E-state index in [4.69, 9.17) is 0 Å². The van der Waals surface area contributed by atoms with Crippen LogP contribution in [0.5, 0.6) is 0 Å². The molecule has 164 valence electrons. The maximum atomic E-state index is 2.61. The van der Waals surface area contributed by atoms with E-state index < -0.39 is 0 Å². The van der Waals surface area contributed by atoms with E-state index in [0.29, 0.717) is 0 Å². The molecular weight excluding hydrogens is 340 g/mol. The highest BCUT2D eigenvalue weighted by atomic mass is 28.1. The van der Waals surface area contributed by atoms with Gasteiger partial charge in [-0.25, -0.2) is 0 Å². The SMILES string of the molecule is CCCCCCCCC([SiH3])(CCCCCCCC)C(C)CCCCCCC. The molecule has 0 aromatic heterocycles. The van der Waals surface area contributed by atoms with E-state index in [1.807, 2.05) is 0 Å². The van der Waals surface area contributed by atoms with Crippen LogP contribution >= 0.6 is 0 Å². The van der Waals surface area contributed by atoms with Crippen molar-refractivity contribution >= 4 is 10.2 Å². The van der Waals surface area contributed by atoms with Gasteiger partial charge in [-0.2, -0.15) is 0 Å². The lowest BCUT2D eigenvalue weighted by molar-refractivity contribution is 0.294. The minimum atomic E-state index is 0.736. The molecule has 0 aliphatic heterocycles. The van der Waals surface area contributed by atoms with Crippen molar-refractivity contribution in [3.8, 4) is 0 Å². The molecule has 0 spiro atoms. The zero-order chi connectivity index (χ0) is 20.2. The van der Waals surface area contributed by atoms with Crippen LogP contribution in [-0.4, -0.2) is 10.2 Å². The first-order valence-corrected chi connectivity index (χ1v) is 14.1. The Morgan fingerprint density at radius 1 is 0.519 bits per heavy atom. The summed E-state index contributed by atoms with van der Waals surface area (Å²) >= 11 is 0. The molecule has 0 aromatic rings. The van der Waals surface area contributed by atoms with Gasteiger partial charge in [0.2, 0.25) is 0 Å². The van der Waals surface area contributed by atoms with Crippen LogP contribution in [0.2, 0.25) is 5.04 Å². The zero-order valence-corrected chi connectivity index (χ0v) is 22.2. The van der Waals surface area contributed by atoms with Gasteiger partial charge in [0.25, 0.3) is 0 Å². The van der Waals surface area contributed by atoms with Gasteiger partial charge in [0, 0.05) is 10.2 Å². The second-order valence-electron chi connectivity index (χ2n) is 9.79. The predicted molar refractivity (Wildman–Crippen MR) is 131 cm³/mol. The van der Waals surface area contributed by atoms with Crippen molar-refractivity contribution < 1.29 is 0 Å². The zero-order valence-electron chi connectivity index (χ0n) is 20.2. The lowest BCUT2D eigenvalue weighted by Gasteiger charge is -2.37. The third-order valence-corrected chi connectivity index (χ3v) is 9.12. The smallest absolute Gasteiger partial charge is 0.0110 e. The molecule has 1 heteroatoms. The Hall–Kier alpha value is 0.217. The number of hydrogen-bond donors (Lipinski definition) is 0. The third kappa shape index (κ3) is 15.8. The highest BCUT2D eigenvalue weighted by Crippen LogP contribution is 2.45. The molecule has 0 heterocycles. The van der Waals surface area contributed by atoms with Gasteiger partial charge >= 0.3 is 0 Å². The third-order valence-electron chi connectivity index (χ3n) is 7.13. The van der Waals surface area contributed by atoms with Gasteiger partial charge in [-0.15, -0.1) is 0 Å².